The van der Waals surface area contributed by atoms with Gasteiger partial charge in [0.05, 0.1) is 19.1 Å². The standard InChI is InChI=1S/C13H16BrClO3/c1-3-18-13(16)7-6-12(15)10-8-9(17-2)4-5-11(10)14/h4-5,8,12H,3,6-7H2,1-2H3. The van der Waals surface area contributed by atoms with E-state index in [0.29, 0.717) is 19.4 Å². The highest BCUT2D eigenvalue weighted by Crippen LogP contribution is 2.34. The van der Waals surface area contributed by atoms with Crippen molar-refractivity contribution < 1.29 is 14.3 Å². The smallest absolute Gasteiger partial charge is 0.305 e. The second kappa shape index (κ2) is 7.64. The number of rotatable bonds is 6. The van der Waals surface area contributed by atoms with Gasteiger partial charge < -0.3 is 9.47 Å². The van der Waals surface area contributed by atoms with Gasteiger partial charge in [-0.25, -0.2) is 0 Å². The van der Waals surface area contributed by atoms with Gasteiger partial charge in [-0.1, -0.05) is 15.9 Å². The lowest BCUT2D eigenvalue weighted by Crippen LogP contribution is -2.05. The average Bonchev–Trinajstić information content (AvgIpc) is 2.37. The molecular formula is C13H16BrClO3. The number of ether oxygens (including phenoxy) is 2. The number of alkyl halides is 1. The van der Waals surface area contributed by atoms with Gasteiger partial charge in [-0.05, 0) is 37.1 Å². The Hall–Kier alpha value is -0.740. The molecule has 0 aliphatic heterocycles. The van der Waals surface area contributed by atoms with E-state index in [9.17, 15) is 4.79 Å². The maximum absolute atomic E-state index is 11.3. The number of methoxy groups -OCH3 is 1. The maximum atomic E-state index is 11.3. The van der Waals surface area contributed by atoms with Crippen LogP contribution in [-0.2, 0) is 9.53 Å². The van der Waals surface area contributed by atoms with Crippen molar-refractivity contribution in [2.24, 2.45) is 0 Å². The minimum absolute atomic E-state index is 0.220. The molecule has 0 spiro atoms. The third-order valence-corrected chi connectivity index (χ3v) is 3.62. The van der Waals surface area contributed by atoms with E-state index in [1.165, 1.54) is 0 Å². The molecule has 3 nitrogen and oxygen atoms in total. The zero-order chi connectivity index (χ0) is 13.5. The monoisotopic (exact) mass is 334 g/mol. The second-order valence-electron chi connectivity index (χ2n) is 3.70. The fraction of sp³-hybridized carbons (Fsp3) is 0.462. The minimum Gasteiger partial charge on any atom is -0.497 e. The van der Waals surface area contributed by atoms with Crippen LogP contribution in [0.3, 0.4) is 0 Å². The minimum atomic E-state index is -0.251. The highest BCUT2D eigenvalue weighted by Gasteiger charge is 2.15. The van der Waals surface area contributed by atoms with Crippen LogP contribution in [0.5, 0.6) is 5.75 Å². The van der Waals surface area contributed by atoms with E-state index in [0.717, 1.165) is 15.8 Å². The van der Waals surface area contributed by atoms with Crippen molar-refractivity contribution in [3.05, 3.63) is 28.2 Å². The molecule has 0 radical (unpaired) electrons. The Morgan fingerprint density at radius 1 is 1.50 bits per heavy atom. The number of hydrogen-bond acceptors (Lipinski definition) is 3. The molecule has 1 rings (SSSR count). The van der Waals surface area contributed by atoms with Crippen LogP contribution >= 0.6 is 27.5 Å². The summed E-state index contributed by atoms with van der Waals surface area (Å²) in [6, 6.07) is 5.60. The van der Waals surface area contributed by atoms with Crippen molar-refractivity contribution in [2.75, 3.05) is 13.7 Å². The topological polar surface area (TPSA) is 35.5 Å². The summed E-state index contributed by atoms with van der Waals surface area (Å²) in [5.41, 5.74) is 0.917. The molecule has 0 amide bonds. The Kier molecular flexibility index (Phi) is 6.50. The molecule has 1 unspecified atom stereocenters. The first-order valence-electron chi connectivity index (χ1n) is 5.71. The molecule has 0 heterocycles. The van der Waals surface area contributed by atoms with Crippen LogP contribution in [0.25, 0.3) is 0 Å². The van der Waals surface area contributed by atoms with E-state index in [2.05, 4.69) is 15.9 Å². The summed E-state index contributed by atoms with van der Waals surface area (Å²) >= 11 is 9.73. The number of hydrogen-bond donors (Lipinski definition) is 0. The Balaban J connectivity index is 2.65. The molecule has 0 saturated heterocycles. The van der Waals surface area contributed by atoms with Crippen LogP contribution in [0, 0.1) is 0 Å². The fourth-order valence-corrected chi connectivity index (χ4v) is 2.47. The Labute approximate surface area is 121 Å². The van der Waals surface area contributed by atoms with Gasteiger partial charge in [-0.15, -0.1) is 11.6 Å². The van der Waals surface area contributed by atoms with E-state index in [1.54, 1.807) is 14.0 Å². The third-order valence-electron chi connectivity index (χ3n) is 2.45. The molecule has 100 valence electrons. The lowest BCUT2D eigenvalue weighted by Gasteiger charge is -2.13. The average molecular weight is 336 g/mol. The van der Waals surface area contributed by atoms with Gasteiger partial charge in [0, 0.05) is 10.9 Å². The Morgan fingerprint density at radius 3 is 2.83 bits per heavy atom. The van der Waals surface area contributed by atoms with Crippen molar-refractivity contribution in [1.82, 2.24) is 0 Å². The lowest BCUT2D eigenvalue weighted by atomic mass is 10.1. The molecule has 0 aromatic heterocycles. The molecule has 5 heteroatoms. The van der Waals surface area contributed by atoms with Crippen molar-refractivity contribution in [3.8, 4) is 5.75 Å². The van der Waals surface area contributed by atoms with Crippen molar-refractivity contribution >= 4 is 33.5 Å². The first-order chi connectivity index (χ1) is 8.58. The molecule has 0 aliphatic carbocycles. The van der Waals surface area contributed by atoms with Crippen LogP contribution in [-0.4, -0.2) is 19.7 Å². The predicted octanol–water partition coefficient (Wildman–Crippen LogP) is 4.08. The first-order valence-corrected chi connectivity index (χ1v) is 6.94. The molecule has 1 aromatic rings. The van der Waals surface area contributed by atoms with Crippen molar-refractivity contribution in [3.63, 3.8) is 0 Å². The van der Waals surface area contributed by atoms with Crippen LogP contribution < -0.4 is 4.74 Å². The molecular weight excluding hydrogens is 319 g/mol. The molecule has 0 aliphatic rings. The van der Waals surface area contributed by atoms with Gasteiger partial charge in [0.1, 0.15) is 5.75 Å². The molecule has 18 heavy (non-hydrogen) atoms. The maximum Gasteiger partial charge on any atom is 0.305 e. The zero-order valence-corrected chi connectivity index (χ0v) is 12.8. The van der Waals surface area contributed by atoms with E-state index in [4.69, 9.17) is 21.1 Å². The highest BCUT2D eigenvalue weighted by atomic mass is 79.9. The fourth-order valence-electron chi connectivity index (χ4n) is 1.52. The Morgan fingerprint density at radius 2 is 2.22 bits per heavy atom. The second-order valence-corrected chi connectivity index (χ2v) is 5.08. The molecule has 0 N–H and O–H groups in total. The van der Waals surface area contributed by atoms with Gasteiger partial charge in [0.2, 0.25) is 0 Å². The molecule has 0 saturated carbocycles. The summed E-state index contributed by atoms with van der Waals surface area (Å²) in [4.78, 5) is 11.3. The summed E-state index contributed by atoms with van der Waals surface area (Å²) < 4.78 is 10.9. The van der Waals surface area contributed by atoms with Gasteiger partial charge in [0.15, 0.2) is 0 Å². The predicted molar refractivity (Wildman–Crippen MR) is 75.2 cm³/mol. The summed E-state index contributed by atoms with van der Waals surface area (Å²) in [5, 5.41) is -0.251. The van der Waals surface area contributed by atoms with Crippen LogP contribution in [0.4, 0.5) is 0 Å². The van der Waals surface area contributed by atoms with E-state index >= 15 is 0 Å². The first kappa shape index (κ1) is 15.3. The normalized spacial score (nSPS) is 12.0. The number of halogens is 2. The number of carbonyl (C=O) groups is 1. The van der Waals surface area contributed by atoms with E-state index in [-0.39, 0.29) is 11.3 Å². The highest BCUT2D eigenvalue weighted by molar-refractivity contribution is 9.10. The zero-order valence-electron chi connectivity index (χ0n) is 10.4. The molecule has 1 atom stereocenters. The van der Waals surface area contributed by atoms with E-state index in [1.807, 2.05) is 18.2 Å². The molecule has 1 aromatic carbocycles. The molecule has 0 fully saturated rings. The van der Waals surface area contributed by atoms with Crippen molar-refractivity contribution in [1.29, 1.82) is 0 Å². The third kappa shape index (κ3) is 4.50. The van der Waals surface area contributed by atoms with Gasteiger partial charge in [0.25, 0.3) is 0 Å². The van der Waals surface area contributed by atoms with Crippen molar-refractivity contribution in [2.45, 2.75) is 25.1 Å². The van der Waals surface area contributed by atoms with Crippen LogP contribution in [0.15, 0.2) is 22.7 Å². The number of carbonyl (C=O) groups excluding carboxylic acids is 1. The summed E-state index contributed by atoms with van der Waals surface area (Å²) in [6.07, 6.45) is 0.845. The quantitative estimate of drug-likeness (QED) is 0.580. The van der Waals surface area contributed by atoms with Gasteiger partial charge in [-0.2, -0.15) is 0 Å². The van der Waals surface area contributed by atoms with Gasteiger partial charge in [-0.3, -0.25) is 4.79 Å². The van der Waals surface area contributed by atoms with Crippen LogP contribution in [0.1, 0.15) is 30.7 Å². The van der Waals surface area contributed by atoms with Crippen LogP contribution in [0.2, 0.25) is 0 Å². The lowest BCUT2D eigenvalue weighted by molar-refractivity contribution is -0.143. The Bertz CT molecular complexity index is 409. The molecule has 0 bridgehead atoms. The number of benzene rings is 1. The van der Waals surface area contributed by atoms with E-state index < -0.39 is 0 Å². The summed E-state index contributed by atoms with van der Waals surface area (Å²) in [7, 11) is 1.61. The SMILES string of the molecule is CCOC(=O)CCC(Cl)c1cc(OC)ccc1Br. The number of esters is 1. The summed E-state index contributed by atoms with van der Waals surface area (Å²) in [5.74, 6) is 0.525. The summed E-state index contributed by atoms with van der Waals surface area (Å²) in [6.45, 7) is 2.18. The largest absolute Gasteiger partial charge is 0.497 e. The van der Waals surface area contributed by atoms with Gasteiger partial charge >= 0.3 is 5.97 Å².